The summed E-state index contributed by atoms with van der Waals surface area (Å²) in [6.07, 6.45) is 0. The molecule has 0 fully saturated rings. The van der Waals surface area contributed by atoms with Crippen LogP contribution in [0.2, 0.25) is 0 Å². The molecular weight excluding hydrogens is 785 g/mol. The highest BCUT2D eigenvalue weighted by molar-refractivity contribution is 6.09. The van der Waals surface area contributed by atoms with Gasteiger partial charge in [0.25, 0.3) is 0 Å². The number of rotatable bonds is 6. The van der Waals surface area contributed by atoms with Crippen LogP contribution < -0.4 is 9.80 Å². The van der Waals surface area contributed by atoms with Gasteiger partial charge in [0.05, 0.1) is 22.5 Å². The van der Waals surface area contributed by atoms with Crippen molar-refractivity contribution in [2.75, 3.05) is 9.80 Å². The lowest BCUT2D eigenvalue weighted by molar-refractivity contribution is 0.752. The summed E-state index contributed by atoms with van der Waals surface area (Å²) in [6, 6.07) is 94.0. The Morgan fingerprint density at radius 3 is 1.60 bits per heavy atom. The van der Waals surface area contributed by atoms with Crippen molar-refractivity contribution >= 4 is 55.7 Å². The van der Waals surface area contributed by atoms with Crippen LogP contribution in [0.1, 0.15) is 22.3 Å². The molecule has 0 N–H and O–H groups in total. The van der Waals surface area contributed by atoms with E-state index in [1.165, 1.54) is 83.0 Å². The van der Waals surface area contributed by atoms with Crippen LogP contribution in [0, 0.1) is 0 Å². The molecule has 0 saturated carbocycles. The van der Waals surface area contributed by atoms with Gasteiger partial charge in [-0.05, 0) is 126 Å². The largest absolute Gasteiger partial charge is 0.310 e. The molecule has 13 rings (SSSR count). The smallest absolute Gasteiger partial charge is 0.0755 e. The van der Waals surface area contributed by atoms with Gasteiger partial charge < -0.3 is 9.80 Å². The zero-order chi connectivity index (χ0) is 42.9. The van der Waals surface area contributed by atoms with Crippen molar-refractivity contribution < 1.29 is 0 Å². The molecule has 2 heteroatoms. The lowest BCUT2D eigenvalue weighted by atomic mass is 9.64. The van der Waals surface area contributed by atoms with E-state index in [9.17, 15) is 0 Å². The van der Waals surface area contributed by atoms with E-state index < -0.39 is 5.41 Å². The molecule has 0 atom stereocenters. The summed E-state index contributed by atoms with van der Waals surface area (Å²) in [4.78, 5) is 4.94. The van der Waals surface area contributed by atoms with E-state index in [2.05, 4.69) is 265 Å². The Kier molecular flexibility index (Phi) is 8.47. The predicted molar refractivity (Wildman–Crippen MR) is 273 cm³/mol. The number of hydrogen-bond donors (Lipinski definition) is 0. The van der Waals surface area contributed by atoms with Crippen molar-refractivity contribution in [1.29, 1.82) is 0 Å². The van der Waals surface area contributed by atoms with E-state index in [0.29, 0.717) is 0 Å². The van der Waals surface area contributed by atoms with E-state index >= 15 is 0 Å². The summed E-state index contributed by atoms with van der Waals surface area (Å²) < 4.78 is 0. The summed E-state index contributed by atoms with van der Waals surface area (Å²) in [6.45, 7) is 0. The Hall–Kier alpha value is -8.46. The molecule has 0 unspecified atom stereocenters. The highest BCUT2D eigenvalue weighted by Crippen LogP contribution is 2.64. The minimum atomic E-state index is -0.582. The molecule has 0 amide bonds. The molecule has 304 valence electrons. The Bertz CT molecular complexity index is 3560. The van der Waals surface area contributed by atoms with Gasteiger partial charge in [0, 0.05) is 22.6 Å². The molecule has 0 aromatic heterocycles. The fraction of sp³-hybridized carbons (Fsp3) is 0.0159. The molecule has 11 aromatic rings. The van der Waals surface area contributed by atoms with Crippen LogP contribution in [0.3, 0.4) is 0 Å². The van der Waals surface area contributed by atoms with Crippen molar-refractivity contribution in [3.05, 3.63) is 277 Å². The van der Waals surface area contributed by atoms with Crippen LogP contribution in [0.4, 0.5) is 34.1 Å². The summed E-state index contributed by atoms with van der Waals surface area (Å²) in [5, 5.41) is 4.96. The zero-order valence-corrected chi connectivity index (χ0v) is 35.6. The van der Waals surface area contributed by atoms with Crippen LogP contribution in [-0.4, -0.2) is 0 Å². The van der Waals surface area contributed by atoms with Crippen LogP contribution >= 0.6 is 0 Å². The van der Waals surface area contributed by atoms with Crippen LogP contribution in [0.25, 0.3) is 54.9 Å². The number of benzene rings is 11. The van der Waals surface area contributed by atoms with E-state index in [1.807, 2.05) is 0 Å². The number of nitrogens with zero attached hydrogens (tertiary/aromatic N) is 2. The van der Waals surface area contributed by atoms with Gasteiger partial charge >= 0.3 is 0 Å². The second-order valence-electron chi connectivity index (χ2n) is 17.2. The minimum Gasteiger partial charge on any atom is -0.310 e. The van der Waals surface area contributed by atoms with Crippen LogP contribution in [0.15, 0.2) is 255 Å². The zero-order valence-electron chi connectivity index (χ0n) is 35.6. The fourth-order valence-corrected chi connectivity index (χ4v) is 11.0. The Morgan fingerprint density at radius 2 is 0.831 bits per heavy atom. The average Bonchev–Trinajstić information content (AvgIpc) is 3.67. The van der Waals surface area contributed by atoms with Gasteiger partial charge in [-0.2, -0.15) is 0 Å². The highest BCUT2D eigenvalue weighted by atomic mass is 15.2. The second kappa shape index (κ2) is 14.8. The van der Waals surface area contributed by atoms with Gasteiger partial charge in [-0.3, -0.25) is 0 Å². The minimum absolute atomic E-state index is 0.582. The van der Waals surface area contributed by atoms with Crippen molar-refractivity contribution in [2.45, 2.75) is 5.41 Å². The molecule has 0 saturated heterocycles. The first kappa shape index (κ1) is 37.1. The van der Waals surface area contributed by atoms with Crippen molar-refractivity contribution in [2.24, 2.45) is 0 Å². The molecule has 1 aliphatic heterocycles. The Morgan fingerprint density at radius 1 is 0.308 bits per heavy atom. The molecule has 2 aliphatic rings. The number of fused-ring (bicyclic) bond motifs is 12. The van der Waals surface area contributed by atoms with Crippen molar-refractivity contribution in [3.8, 4) is 33.4 Å². The van der Waals surface area contributed by atoms with Crippen molar-refractivity contribution in [1.82, 2.24) is 0 Å². The number of anilines is 6. The normalized spacial score (nSPS) is 13.0. The molecule has 0 bridgehead atoms. The maximum atomic E-state index is 2.50. The maximum Gasteiger partial charge on any atom is 0.0755 e. The monoisotopic (exact) mass is 826 g/mol. The van der Waals surface area contributed by atoms with E-state index in [0.717, 1.165) is 28.3 Å². The average molecular weight is 827 g/mol. The highest BCUT2D eigenvalue weighted by Gasteiger charge is 2.51. The number of para-hydroxylation sites is 4. The fourth-order valence-electron chi connectivity index (χ4n) is 11.0. The molecule has 11 aromatic carbocycles. The summed E-state index contributed by atoms with van der Waals surface area (Å²) >= 11 is 0. The molecule has 1 aliphatic carbocycles. The van der Waals surface area contributed by atoms with Crippen molar-refractivity contribution in [3.63, 3.8) is 0 Å². The van der Waals surface area contributed by atoms with Gasteiger partial charge in [0.15, 0.2) is 0 Å². The quantitative estimate of drug-likeness (QED) is 0.154. The van der Waals surface area contributed by atoms with Gasteiger partial charge in [0.1, 0.15) is 0 Å². The Balaban J connectivity index is 1.06. The first-order valence-electron chi connectivity index (χ1n) is 22.5. The first-order valence-corrected chi connectivity index (χ1v) is 22.5. The Labute approximate surface area is 379 Å². The van der Waals surface area contributed by atoms with Gasteiger partial charge in [-0.15, -0.1) is 0 Å². The second-order valence-corrected chi connectivity index (χ2v) is 17.2. The molecule has 1 spiro atoms. The SMILES string of the molecule is c1ccc(-c2ccc(-c3ccccc3N(c3ccc4c(c3)C3(c5ccccc5-4)c4ccccc4N(c4ccccc4)c4ccccc43)c3ccc4c(ccc5ccccc54)c3)cc2)cc1. The first-order chi connectivity index (χ1) is 32.3. The summed E-state index contributed by atoms with van der Waals surface area (Å²) in [5.74, 6) is 0. The van der Waals surface area contributed by atoms with Crippen LogP contribution in [0.5, 0.6) is 0 Å². The third-order valence-electron chi connectivity index (χ3n) is 13.8. The van der Waals surface area contributed by atoms with Gasteiger partial charge in [0.2, 0.25) is 0 Å². The van der Waals surface area contributed by atoms with E-state index in [4.69, 9.17) is 0 Å². The third-order valence-corrected chi connectivity index (χ3v) is 13.8. The molecule has 1 heterocycles. The molecule has 65 heavy (non-hydrogen) atoms. The van der Waals surface area contributed by atoms with Crippen LogP contribution in [-0.2, 0) is 5.41 Å². The van der Waals surface area contributed by atoms with E-state index in [-0.39, 0.29) is 0 Å². The van der Waals surface area contributed by atoms with E-state index in [1.54, 1.807) is 0 Å². The standard InChI is InChI=1S/C63H42N2/c1-3-17-43(18-4-1)44-31-33-46(34-32-44)53-23-10-14-28-60(53)64(49-37-39-52-47(41-49)36-35-45-19-7-8-22-51(45)52)50-38-40-55-54-24-9-11-25-56(54)63(59(55)42-50)57-26-12-15-29-61(57)65(48-20-5-2-6-21-48)62-30-16-13-27-58(62)63/h1-42H. The van der Waals surface area contributed by atoms with Gasteiger partial charge in [-0.25, -0.2) is 0 Å². The molecule has 2 nitrogen and oxygen atoms in total. The van der Waals surface area contributed by atoms with Gasteiger partial charge in [-0.1, -0.05) is 200 Å². The molecular formula is C63H42N2. The lowest BCUT2D eigenvalue weighted by Gasteiger charge is -2.45. The predicted octanol–water partition coefficient (Wildman–Crippen LogP) is 16.9. The topological polar surface area (TPSA) is 6.48 Å². The maximum absolute atomic E-state index is 2.50. The molecule has 0 radical (unpaired) electrons. The third kappa shape index (κ3) is 5.67. The summed E-state index contributed by atoms with van der Waals surface area (Å²) in [5.41, 5.74) is 18.7. The lowest BCUT2D eigenvalue weighted by Crippen LogP contribution is -2.36. The summed E-state index contributed by atoms with van der Waals surface area (Å²) in [7, 11) is 0. The number of hydrogen-bond acceptors (Lipinski definition) is 2.